The summed E-state index contributed by atoms with van der Waals surface area (Å²) in [5, 5.41) is 4.17. The molecular weight excluding hydrogens is 460 g/mol. The van der Waals surface area contributed by atoms with Gasteiger partial charge in [-0.1, -0.05) is 42.5 Å². The Kier molecular flexibility index (Phi) is 8.32. The van der Waals surface area contributed by atoms with Crippen molar-refractivity contribution in [2.75, 3.05) is 41.0 Å². The molecule has 0 spiro atoms. The molecule has 0 amide bonds. The molecule has 35 heavy (non-hydrogen) atoms. The van der Waals surface area contributed by atoms with Gasteiger partial charge in [0.05, 0.1) is 27.4 Å². The van der Waals surface area contributed by atoms with Crippen molar-refractivity contribution in [1.29, 1.82) is 0 Å². The van der Waals surface area contributed by atoms with Gasteiger partial charge in [0.15, 0.2) is 28.1 Å². The summed E-state index contributed by atoms with van der Waals surface area (Å²) in [4.78, 5) is 2.21. The molecule has 1 heterocycles. The summed E-state index contributed by atoms with van der Waals surface area (Å²) in [6, 6.07) is 22.1. The molecule has 7 heteroatoms. The molecule has 0 aromatic heterocycles. The SMILES string of the molecule is COc1cc2c(cc1OC)[C@@H](COc1ccccc1OC)N(C(=S)NCCc1ccccc1)CC2. The van der Waals surface area contributed by atoms with Crippen LogP contribution in [0.5, 0.6) is 23.0 Å². The zero-order chi connectivity index (χ0) is 24.6. The fraction of sp³-hybridized carbons (Fsp3) is 0.321. The van der Waals surface area contributed by atoms with Crippen LogP contribution in [0.4, 0.5) is 0 Å². The van der Waals surface area contributed by atoms with Crippen LogP contribution in [-0.4, -0.2) is 51.0 Å². The van der Waals surface area contributed by atoms with E-state index in [1.807, 2.05) is 36.4 Å². The number of hydrogen-bond donors (Lipinski definition) is 1. The number of nitrogens with zero attached hydrogens (tertiary/aromatic N) is 1. The quantitative estimate of drug-likeness (QED) is 0.430. The van der Waals surface area contributed by atoms with Gasteiger partial charge in [-0.05, 0) is 66.0 Å². The molecule has 1 aliphatic rings. The van der Waals surface area contributed by atoms with Gasteiger partial charge in [-0.25, -0.2) is 0 Å². The molecule has 0 bridgehead atoms. The minimum atomic E-state index is -0.0970. The van der Waals surface area contributed by atoms with E-state index in [0.29, 0.717) is 23.9 Å². The molecule has 0 saturated heterocycles. The van der Waals surface area contributed by atoms with Gasteiger partial charge in [-0.2, -0.15) is 0 Å². The first kappa shape index (κ1) is 24.7. The van der Waals surface area contributed by atoms with Gasteiger partial charge in [-0.3, -0.25) is 0 Å². The Balaban J connectivity index is 1.56. The fourth-order valence-electron chi connectivity index (χ4n) is 4.42. The van der Waals surface area contributed by atoms with Gasteiger partial charge in [0, 0.05) is 13.1 Å². The highest BCUT2D eigenvalue weighted by Crippen LogP contribution is 2.39. The van der Waals surface area contributed by atoms with Crippen LogP contribution in [0.1, 0.15) is 22.7 Å². The zero-order valence-corrected chi connectivity index (χ0v) is 21.3. The summed E-state index contributed by atoms with van der Waals surface area (Å²) < 4.78 is 22.9. The van der Waals surface area contributed by atoms with E-state index in [2.05, 4.69) is 40.5 Å². The van der Waals surface area contributed by atoms with Gasteiger partial charge >= 0.3 is 0 Å². The largest absolute Gasteiger partial charge is 0.493 e. The van der Waals surface area contributed by atoms with Gasteiger partial charge in [0.1, 0.15) is 6.61 Å². The maximum Gasteiger partial charge on any atom is 0.169 e. The third kappa shape index (κ3) is 5.80. The Labute approximate surface area is 212 Å². The van der Waals surface area contributed by atoms with Crippen LogP contribution in [0.25, 0.3) is 0 Å². The van der Waals surface area contributed by atoms with Crippen LogP contribution < -0.4 is 24.3 Å². The summed E-state index contributed by atoms with van der Waals surface area (Å²) in [5.41, 5.74) is 3.61. The molecule has 1 atom stereocenters. The third-order valence-corrected chi connectivity index (χ3v) is 6.64. The van der Waals surface area contributed by atoms with Crippen molar-refractivity contribution in [3.63, 3.8) is 0 Å². The van der Waals surface area contributed by atoms with Crippen molar-refractivity contribution in [3.8, 4) is 23.0 Å². The smallest absolute Gasteiger partial charge is 0.169 e. The first-order chi connectivity index (χ1) is 17.1. The molecule has 0 unspecified atom stereocenters. The fourth-order valence-corrected chi connectivity index (χ4v) is 4.74. The zero-order valence-electron chi connectivity index (χ0n) is 20.5. The molecule has 1 N–H and O–H groups in total. The average molecular weight is 493 g/mol. The number of rotatable bonds is 9. The Morgan fingerprint density at radius 3 is 2.26 bits per heavy atom. The summed E-state index contributed by atoms with van der Waals surface area (Å²) in [6.45, 7) is 1.95. The van der Waals surface area contributed by atoms with Gasteiger partial charge in [-0.15, -0.1) is 0 Å². The topological polar surface area (TPSA) is 52.2 Å². The molecule has 1 aliphatic heterocycles. The van der Waals surface area contributed by atoms with Crippen molar-refractivity contribution in [3.05, 3.63) is 83.4 Å². The molecule has 6 nitrogen and oxygen atoms in total. The van der Waals surface area contributed by atoms with Crippen LogP contribution in [0.3, 0.4) is 0 Å². The van der Waals surface area contributed by atoms with E-state index in [9.17, 15) is 0 Å². The molecule has 3 aromatic rings. The summed E-state index contributed by atoms with van der Waals surface area (Å²) in [6.07, 6.45) is 1.75. The second-order valence-electron chi connectivity index (χ2n) is 8.29. The van der Waals surface area contributed by atoms with Gasteiger partial charge in [0.25, 0.3) is 0 Å². The average Bonchev–Trinajstić information content (AvgIpc) is 2.91. The molecule has 4 rings (SSSR count). The van der Waals surface area contributed by atoms with Crippen LogP contribution in [0, 0.1) is 0 Å². The molecular formula is C28H32N2O4S. The standard InChI is InChI=1S/C28H32N2O4S/c1-31-24-11-7-8-12-25(24)34-19-23-22-18-27(33-3)26(32-2)17-21(22)14-16-30(23)28(35)29-15-13-20-9-5-4-6-10-20/h4-12,17-18,23H,13-16,19H2,1-3H3,(H,29,35)/t23-/m1/s1. The Morgan fingerprint density at radius 1 is 0.886 bits per heavy atom. The lowest BCUT2D eigenvalue weighted by Crippen LogP contribution is -2.47. The minimum absolute atomic E-state index is 0.0970. The molecule has 184 valence electrons. The number of hydrogen-bond acceptors (Lipinski definition) is 5. The van der Waals surface area contributed by atoms with Crippen LogP contribution in [-0.2, 0) is 12.8 Å². The molecule has 0 aliphatic carbocycles. The number of nitrogens with one attached hydrogen (secondary N) is 1. The summed E-state index contributed by atoms with van der Waals surface area (Å²) >= 11 is 5.86. The first-order valence-corrected chi connectivity index (χ1v) is 12.1. The summed E-state index contributed by atoms with van der Waals surface area (Å²) in [5.74, 6) is 2.82. The van der Waals surface area contributed by atoms with Crippen molar-refractivity contribution in [2.45, 2.75) is 18.9 Å². The number of thiocarbonyl (C=S) groups is 1. The Bertz CT molecular complexity index is 1140. The van der Waals surface area contributed by atoms with E-state index in [-0.39, 0.29) is 6.04 Å². The summed E-state index contributed by atoms with van der Waals surface area (Å²) in [7, 11) is 4.96. The second-order valence-corrected chi connectivity index (χ2v) is 8.68. The van der Waals surface area contributed by atoms with Crippen molar-refractivity contribution in [2.24, 2.45) is 0 Å². The predicted octanol–water partition coefficient (Wildman–Crippen LogP) is 4.81. The maximum absolute atomic E-state index is 6.28. The minimum Gasteiger partial charge on any atom is -0.493 e. The van der Waals surface area contributed by atoms with E-state index >= 15 is 0 Å². The highest BCUT2D eigenvalue weighted by Gasteiger charge is 2.31. The lowest BCUT2D eigenvalue weighted by molar-refractivity contribution is 0.182. The van der Waals surface area contributed by atoms with E-state index < -0.39 is 0 Å². The molecule has 3 aromatic carbocycles. The monoisotopic (exact) mass is 492 g/mol. The van der Waals surface area contributed by atoms with E-state index in [4.69, 9.17) is 31.2 Å². The van der Waals surface area contributed by atoms with E-state index in [0.717, 1.165) is 42.4 Å². The van der Waals surface area contributed by atoms with Crippen LogP contribution in [0.2, 0.25) is 0 Å². The van der Waals surface area contributed by atoms with Crippen molar-refractivity contribution in [1.82, 2.24) is 10.2 Å². The first-order valence-electron chi connectivity index (χ1n) is 11.7. The van der Waals surface area contributed by atoms with Crippen LogP contribution >= 0.6 is 12.2 Å². The Morgan fingerprint density at radius 2 is 1.54 bits per heavy atom. The number of fused-ring (bicyclic) bond motifs is 1. The number of benzene rings is 3. The molecule has 0 saturated carbocycles. The normalized spacial score (nSPS) is 14.6. The Hall–Kier alpha value is -3.45. The second kappa shape index (κ2) is 11.8. The highest BCUT2D eigenvalue weighted by atomic mass is 32.1. The van der Waals surface area contributed by atoms with Crippen LogP contribution in [0.15, 0.2) is 66.7 Å². The predicted molar refractivity (Wildman–Crippen MR) is 142 cm³/mol. The van der Waals surface area contributed by atoms with E-state index in [1.54, 1.807) is 21.3 Å². The van der Waals surface area contributed by atoms with Crippen molar-refractivity contribution >= 4 is 17.3 Å². The number of para-hydroxylation sites is 2. The lowest BCUT2D eigenvalue weighted by Gasteiger charge is -2.39. The number of ether oxygens (including phenoxy) is 4. The van der Waals surface area contributed by atoms with Gasteiger partial charge < -0.3 is 29.2 Å². The van der Waals surface area contributed by atoms with Crippen molar-refractivity contribution < 1.29 is 18.9 Å². The molecule has 0 fully saturated rings. The molecule has 0 radical (unpaired) electrons. The number of methoxy groups -OCH3 is 3. The van der Waals surface area contributed by atoms with E-state index in [1.165, 1.54) is 11.1 Å². The lowest BCUT2D eigenvalue weighted by atomic mass is 9.92. The highest BCUT2D eigenvalue weighted by molar-refractivity contribution is 7.80. The third-order valence-electron chi connectivity index (χ3n) is 6.26. The maximum atomic E-state index is 6.28. The van der Waals surface area contributed by atoms with Gasteiger partial charge in [0.2, 0.25) is 0 Å².